The third-order valence-corrected chi connectivity index (χ3v) is 8.57. The van der Waals surface area contributed by atoms with Crippen LogP contribution in [0.15, 0.2) is 54.7 Å². The maximum absolute atomic E-state index is 13.5. The van der Waals surface area contributed by atoms with E-state index < -0.39 is 53.2 Å². The number of allylic oxidation sites excluding steroid dienone is 1. The van der Waals surface area contributed by atoms with Crippen LogP contribution in [-0.4, -0.2) is 64.1 Å². The SMILES string of the molecule is CN1CCCC/C=C\[C@@H]2C[C@@]2(C(=O)O)NC(=O)[C@@H]2C[C@@H](OC(=O)Nc3cc(C(F)(F)F)ccc3-c3ccccn3)C[C@H]2C1=O. The predicted molar refractivity (Wildman–Crippen MR) is 152 cm³/mol. The molecule has 0 spiro atoms. The Labute approximate surface area is 251 Å². The molecule has 2 heterocycles. The monoisotopic (exact) mass is 614 g/mol. The zero-order chi connectivity index (χ0) is 31.6. The minimum atomic E-state index is -4.67. The number of benzene rings is 1. The fourth-order valence-corrected chi connectivity index (χ4v) is 6.05. The van der Waals surface area contributed by atoms with E-state index in [0.29, 0.717) is 25.1 Å². The number of ether oxygens (including phenoxy) is 1. The number of hydrogen-bond donors (Lipinski definition) is 3. The number of halogens is 3. The second-order valence-corrected chi connectivity index (χ2v) is 11.6. The highest BCUT2D eigenvalue weighted by atomic mass is 19.4. The van der Waals surface area contributed by atoms with Crippen molar-refractivity contribution >= 4 is 29.6 Å². The van der Waals surface area contributed by atoms with Gasteiger partial charge in [-0.2, -0.15) is 13.2 Å². The third kappa shape index (κ3) is 6.56. The molecule has 5 rings (SSSR count). The van der Waals surface area contributed by atoms with Crippen LogP contribution in [0.25, 0.3) is 11.3 Å². The number of fused-ring (bicyclic) bond motifs is 2. The highest BCUT2D eigenvalue weighted by Crippen LogP contribution is 2.46. The van der Waals surface area contributed by atoms with Crippen molar-refractivity contribution in [3.63, 3.8) is 0 Å². The van der Waals surface area contributed by atoms with E-state index in [2.05, 4.69) is 15.6 Å². The standard InChI is InChI=1S/C31H33F3N4O6/c1-38-13-7-3-2-4-8-19-17-30(19,28(41)42)37-26(39)22-15-20(16-23(22)27(38)40)44-29(43)36-25-14-18(31(32,33)34)10-11-21(25)24-9-5-6-12-35-24/h4-6,8-12,14,19-20,22-23H,2-3,7,13,15-17H2,1H3,(H,36,43)(H,37,39)(H,41,42)/b8-4-/t19-,20-,22-,23-,30-/m1/s1. The van der Waals surface area contributed by atoms with Crippen LogP contribution in [0, 0.1) is 17.8 Å². The van der Waals surface area contributed by atoms with Gasteiger partial charge in [0.15, 0.2) is 0 Å². The van der Waals surface area contributed by atoms with Gasteiger partial charge in [-0.25, -0.2) is 9.59 Å². The van der Waals surface area contributed by atoms with Gasteiger partial charge < -0.3 is 20.1 Å². The lowest BCUT2D eigenvalue weighted by molar-refractivity contribution is -0.145. The lowest BCUT2D eigenvalue weighted by Gasteiger charge is -2.26. The Hall–Kier alpha value is -4.42. The molecule has 234 valence electrons. The van der Waals surface area contributed by atoms with Crippen LogP contribution >= 0.6 is 0 Å². The van der Waals surface area contributed by atoms with Crippen LogP contribution < -0.4 is 10.6 Å². The maximum atomic E-state index is 13.5. The number of anilines is 1. The normalized spacial score (nSPS) is 28.1. The number of nitrogens with one attached hydrogen (secondary N) is 2. The Morgan fingerprint density at radius 1 is 1.14 bits per heavy atom. The second kappa shape index (κ2) is 12.3. The number of rotatable bonds is 4. The van der Waals surface area contributed by atoms with E-state index in [1.807, 2.05) is 12.2 Å². The molecular formula is C31H33F3N4O6. The molecule has 0 saturated heterocycles. The first-order valence-corrected chi connectivity index (χ1v) is 14.5. The average Bonchev–Trinajstić information content (AvgIpc) is 3.52. The summed E-state index contributed by atoms with van der Waals surface area (Å²) in [5, 5.41) is 15.0. The minimum absolute atomic E-state index is 0.00618. The van der Waals surface area contributed by atoms with Crippen molar-refractivity contribution in [1.29, 1.82) is 0 Å². The summed E-state index contributed by atoms with van der Waals surface area (Å²) in [5.41, 5.74) is -2.06. The number of carbonyl (C=O) groups excluding carboxylic acids is 3. The molecule has 1 aromatic heterocycles. The highest BCUT2D eigenvalue weighted by molar-refractivity contribution is 5.95. The second-order valence-electron chi connectivity index (χ2n) is 11.6. The molecule has 2 aliphatic carbocycles. The number of amides is 3. The molecule has 2 aromatic rings. The molecule has 1 aliphatic heterocycles. The Bertz CT molecular complexity index is 1470. The van der Waals surface area contributed by atoms with Gasteiger partial charge in [0.2, 0.25) is 11.8 Å². The molecule has 2 fully saturated rings. The van der Waals surface area contributed by atoms with Gasteiger partial charge >= 0.3 is 18.2 Å². The van der Waals surface area contributed by atoms with Gasteiger partial charge in [-0.1, -0.05) is 24.3 Å². The number of aliphatic carboxylic acids is 1. The van der Waals surface area contributed by atoms with Crippen LogP contribution in [0.3, 0.4) is 0 Å². The van der Waals surface area contributed by atoms with E-state index >= 15 is 0 Å². The number of nitrogens with zero attached hydrogens (tertiary/aromatic N) is 2. The first-order chi connectivity index (χ1) is 20.9. The number of aromatic nitrogens is 1. The van der Waals surface area contributed by atoms with Crippen molar-refractivity contribution in [3.8, 4) is 11.3 Å². The number of hydrogen-bond acceptors (Lipinski definition) is 6. The van der Waals surface area contributed by atoms with Gasteiger partial charge in [-0.15, -0.1) is 0 Å². The Kier molecular flexibility index (Phi) is 8.66. The Morgan fingerprint density at radius 2 is 1.91 bits per heavy atom. The summed E-state index contributed by atoms with van der Waals surface area (Å²) in [7, 11) is 1.63. The first kappa shape index (κ1) is 31.0. The van der Waals surface area contributed by atoms with E-state index in [0.717, 1.165) is 18.6 Å². The lowest BCUT2D eigenvalue weighted by Crippen LogP contribution is -2.49. The van der Waals surface area contributed by atoms with E-state index in [1.54, 1.807) is 25.2 Å². The molecule has 10 nitrogen and oxygen atoms in total. The average molecular weight is 615 g/mol. The Balaban J connectivity index is 1.36. The summed E-state index contributed by atoms with van der Waals surface area (Å²) < 4.78 is 46.1. The molecule has 2 saturated carbocycles. The van der Waals surface area contributed by atoms with Crippen LogP contribution in [-0.2, 0) is 25.3 Å². The van der Waals surface area contributed by atoms with Gasteiger partial charge in [0.1, 0.15) is 11.6 Å². The molecule has 0 bridgehead atoms. The van der Waals surface area contributed by atoms with Crippen molar-refractivity contribution in [3.05, 3.63) is 60.3 Å². The highest BCUT2D eigenvalue weighted by Gasteiger charge is 2.61. The van der Waals surface area contributed by atoms with E-state index in [4.69, 9.17) is 4.74 Å². The summed E-state index contributed by atoms with van der Waals surface area (Å²) in [6.07, 6.45) is 0.903. The number of pyridine rings is 1. The first-order valence-electron chi connectivity index (χ1n) is 14.5. The van der Waals surface area contributed by atoms with Crippen LogP contribution in [0.2, 0.25) is 0 Å². The van der Waals surface area contributed by atoms with Gasteiger partial charge in [0.25, 0.3) is 0 Å². The largest absolute Gasteiger partial charge is 0.479 e. The summed E-state index contributed by atoms with van der Waals surface area (Å²) in [5.74, 6) is -4.32. The molecule has 3 N–H and O–H groups in total. The van der Waals surface area contributed by atoms with Crippen molar-refractivity contribution in [2.75, 3.05) is 18.9 Å². The van der Waals surface area contributed by atoms with Crippen molar-refractivity contribution in [1.82, 2.24) is 15.2 Å². The van der Waals surface area contributed by atoms with Crippen LogP contribution in [0.4, 0.5) is 23.7 Å². The lowest BCUT2D eigenvalue weighted by atomic mass is 9.93. The predicted octanol–water partition coefficient (Wildman–Crippen LogP) is 4.87. The number of carboxylic acids is 1. The molecule has 0 radical (unpaired) electrons. The quantitative estimate of drug-likeness (QED) is 0.418. The smallest absolute Gasteiger partial charge is 0.416 e. The minimum Gasteiger partial charge on any atom is -0.479 e. The summed E-state index contributed by atoms with van der Waals surface area (Å²) in [6, 6.07) is 7.75. The molecule has 44 heavy (non-hydrogen) atoms. The molecule has 5 atom stereocenters. The van der Waals surface area contributed by atoms with Crippen molar-refractivity contribution in [2.45, 2.75) is 56.3 Å². The number of alkyl halides is 3. The van der Waals surface area contributed by atoms with E-state index in [9.17, 15) is 37.5 Å². The molecular weight excluding hydrogens is 581 g/mol. The number of carbonyl (C=O) groups is 4. The molecule has 13 heteroatoms. The maximum Gasteiger partial charge on any atom is 0.416 e. The van der Waals surface area contributed by atoms with Gasteiger partial charge in [0.05, 0.1) is 28.8 Å². The number of carboxylic acid groups (broad SMARTS) is 1. The fraction of sp³-hybridized carbons (Fsp3) is 0.452. The van der Waals surface area contributed by atoms with Gasteiger partial charge in [-0.05, 0) is 62.8 Å². The topological polar surface area (TPSA) is 138 Å². The van der Waals surface area contributed by atoms with Crippen LogP contribution in [0.1, 0.15) is 44.1 Å². The molecule has 0 unspecified atom stereocenters. The molecule has 3 amide bonds. The summed E-state index contributed by atoms with van der Waals surface area (Å²) in [4.78, 5) is 57.8. The summed E-state index contributed by atoms with van der Waals surface area (Å²) >= 11 is 0. The zero-order valence-corrected chi connectivity index (χ0v) is 24.0. The van der Waals surface area contributed by atoms with E-state index in [1.165, 1.54) is 17.2 Å². The third-order valence-electron chi connectivity index (χ3n) is 8.57. The van der Waals surface area contributed by atoms with E-state index in [-0.39, 0.29) is 42.3 Å². The van der Waals surface area contributed by atoms with Gasteiger partial charge in [-0.3, -0.25) is 19.9 Å². The molecule has 1 aromatic carbocycles. The van der Waals surface area contributed by atoms with Crippen molar-refractivity contribution in [2.24, 2.45) is 17.8 Å². The summed E-state index contributed by atoms with van der Waals surface area (Å²) in [6.45, 7) is 0.456. The van der Waals surface area contributed by atoms with Crippen LogP contribution in [0.5, 0.6) is 0 Å². The fourth-order valence-electron chi connectivity index (χ4n) is 6.05. The van der Waals surface area contributed by atoms with Gasteiger partial charge in [0, 0.05) is 31.3 Å². The van der Waals surface area contributed by atoms with Crippen molar-refractivity contribution < 1.29 is 42.2 Å². The zero-order valence-electron chi connectivity index (χ0n) is 24.0. The molecule has 3 aliphatic rings. The Morgan fingerprint density at radius 3 is 2.61 bits per heavy atom.